The van der Waals surface area contributed by atoms with Gasteiger partial charge in [-0.3, -0.25) is 10.5 Å². The minimum Gasteiger partial charge on any atom is -0.376 e. The number of nitrogens with zero attached hydrogens (tertiary/aromatic N) is 2. The Morgan fingerprint density at radius 2 is 2.22 bits per heavy atom. The van der Waals surface area contributed by atoms with Gasteiger partial charge in [0, 0.05) is 25.4 Å². The van der Waals surface area contributed by atoms with E-state index in [9.17, 15) is 0 Å². The molecule has 1 aliphatic rings. The molecule has 1 heterocycles. The predicted molar refractivity (Wildman–Crippen MR) is 70.8 cm³/mol. The smallest absolute Gasteiger partial charge is 0.0886 e. The lowest BCUT2D eigenvalue weighted by Crippen LogP contribution is -2.49. The van der Waals surface area contributed by atoms with Crippen LogP contribution in [-0.4, -0.2) is 22.5 Å². The van der Waals surface area contributed by atoms with Gasteiger partial charge in [-0.25, -0.2) is 5.43 Å². The number of nitrogens with two attached hydrogens (primary N) is 1. The van der Waals surface area contributed by atoms with Gasteiger partial charge in [-0.2, -0.15) is 5.10 Å². The number of methoxy groups -OCH3 is 1. The molecule has 0 radical (unpaired) electrons. The molecule has 3 N–H and O–H groups in total. The molecule has 0 aromatic carbocycles. The number of hydrazine groups is 1. The Labute approximate surface area is 109 Å². The van der Waals surface area contributed by atoms with Crippen LogP contribution in [0.4, 0.5) is 0 Å². The minimum absolute atomic E-state index is 0.0168. The third kappa shape index (κ3) is 2.43. The molecular weight excluding hydrogens is 228 g/mol. The quantitative estimate of drug-likeness (QED) is 0.619. The van der Waals surface area contributed by atoms with Crippen molar-refractivity contribution in [1.29, 1.82) is 0 Å². The summed E-state index contributed by atoms with van der Waals surface area (Å²) in [4.78, 5) is 0. The molecule has 1 unspecified atom stereocenters. The zero-order valence-corrected chi connectivity index (χ0v) is 11.4. The summed E-state index contributed by atoms with van der Waals surface area (Å²) in [6, 6.07) is 0.0168. The Balaban J connectivity index is 2.24. The summed E-state index contributed by atoms with van der Waals surface area (Å²) in [7, 11) is 1.79. The van der Waals surface area contributed by atoms with Crippen LogP contribution in [0, 0.1) is 0 Å². The van der Waals surface area contributed by atoms with Gasteiger partial charge in [-0.1, -0.05) is 19.3 Å². The molecule has 1 aromatic rings. The van der Waals surface area contributed by atoms with E-state index in [0.717, 1.165) is 24.9 Å². The van der Waals surface area contributed by atoms with Gasteiger partial charge in [0.25, 0.3) is 0 Å². The number of hydrogen-bond acceptors (Lipinski definition) is 4. The van der Waals surface area contributed by atoms with Crippen LogP contribution >= 0.6 is 0 Å². The molecule has 1 atom stereocenters. The number of hydrogen-bond donors (Lipinski definition) is 2. The van der Waals surface area contributed by atoms with E-state index in [2.05, 4.69) is 23.6 Å². The second-order valence-electron chi connectivity index (χ2n) is 5.06. The van der Waals surface area contributed by atoms with Crippen molar-refractivity contribution in [2.45, 2.75) is 57.2 Å². The largest absolute Gasteiger partial charge is 0.376 e. The van der Waals surface area contributed by atoms with Crippen LogP contribution in [0.15, 0.2) is 12.4 Å². The molecule has 1 saturated carbocycles. The SMILES string of the molecule is CCn1cc(C(NN)C2(OC)CCCCC2)cn1. The van der Waals surface area contributed by atoms with E-state index in [1.807, 2.05) is 10.9 Å². The summed E-state index contributed by atoms with van der Waals surface area (Å²) >= 11 is 0. The lowest BCUT2D eigenvalue weighted by atomic mass is 9.77. The van der Waals surface area contributed by atoms with Gasteiger partial charge in [0.15, 0.2) is 0 Å². The third-order valence-electron chi connectivity index (χ3n) is 4.11. The summed E-state index contributed by atoms with van der Waals surface area (Å²) in [5, 5.41) is 4.33. The first-order valence-corrected chi connectivity index (χ1v) is 6.79. The minimum atomic E-state index is -0.186. The monoisotopic (exact) mass is 252 g/mol. The fourth-order valence-electron chi connectivity index (χ4n) is 3.01. The highest BCUT2D eigenvalue weighted by atomic mass is 16.5. The first-order chi connectivity index (χ1) is 8.75. The summed E-state index contributed by atoms with van der Waals surface area (Å²) < 4.78 is 7.77. The predicted octanol–water partition coefficient (Wildman–Crippen LogP) is 1.76. The van der Waals surface area contributed by atoms with E-state index in [1.165, 1.54) is 19.3 Å². The molecule has 0 aliphatic heterocycles. The Morgan fingerprint density at radius 3 is 2.72 bits per heavy atom. The van der Waals surface area contributed by atoms with Crippen molar-refractivity contribution in [2.24, 2.45) is 5.84 Å². The molecule has 1 aromatic heterocycles. The maximum Gasteiger partial charge on any atom is 0.0886 e. The molecule has 18 heavy (non-hydrogen) atoms. The molecule has 0 spiro atoms. The van der Waals surface area contributed by atoms with Crippen LogP contribution < -0.4 is 11.3 Å². The van der Waals surface area contributed by atoms with Gasteiger partial charge in [-0.05, 0) is 19.8 Å². The van der Waals surface area contributed by atoms with Gasteiger partial charge in [-0.15, -0.1) is 0 Å². The van der Waals surface area contributed by atoms with E-state index in [1.54, 1.807) is 7.11 Å². The van der Waals surface area contributed by atoms with E-state index in [0.29, 0.717) is 0 Å². The summed E-state index contributed by atoms with van der Waals surface area (Å²) in [5.74, 6) is 5.78. The van der Waals surface area contributed by atoms with Crippen molar-refractivity contribution < 1.29 is 4.74 Å². The Hall–Kier alpha value is -0.910. The number of aromatic nitrogens is 2. The van der Waals surface area contributed by atoms with Gasteiger partial charge < -0.3 is 4.74 Å². The topological polar surface area (TPSA) is 65.1 Å². The standard InChI is InChI=1S/C13H24N4O/c1-3-17-10-11(9-15-17)12(16-14)13(18-2)7-5-4-6-8-13/h9-10,12,16H,3-8,14H2,1-2H3. The van der Waals surface area contributed by atoms with Crippen LogP contribution in [-0.2, 0) is 11.3 Å². The second kappa shape index (κ2) is 5.82. The van der Waals surface area contributed by atoms with Crippen LogP contribution in [0.5, 0.6) is 0 Å². The molecular formula is C13H24N4O. The Morgan fingerprint density at radius 1 is 1.50 bits per heavy atom. The van der Waals surface area contributed by atoms with Crippen LogP contribution in [0.3, 0.4) is 0 Å². The summed E-state index contributed by atoms with van der Waals surface area (Å²) in [6.07, 6.45) is 9.74. The van der Waals surface area contributed by atoms with Crippen LogP contribution in [0.2, 0.25) is 0 Å². The summed E-state index contributed by atoms with van der Waals surface area (Å²) in [6.45, 7) is 2.95. The molecule has 1 fully saturated rings. The fourth-order valence-corrected chi connectivity index (χ4v) is 3.01. The molecule has 1 aliphatic carbocycles. The number of ether oxygens (including phenoxy) is 1. The van der Waals surface area contributed by atoms with Crippen LogP contribution in [0.1, 0.15) is 50.6 Å². The molecule has 0 amide bonds. The van der Waals surface area contributed by atoms with Crippen molar-refractivity contribution in [3.8, 4) is 0 Å². The van der Waals surface area contributed by atoms with Gasteiger partial charge in [0.2, 0.25) is 0 Å². The maximum absolute atomic E-state index is 5.85. The fraction of sp³-hybridized carbons (Fsp3) is 0.769. The average Bonchev–Trinajstić information content (AvgIpc) is 2.89. The Kier molecular flexibility index (Phi) is 4.37. The highest BCUT2D eigenvalue weighted by Gasteiger charge is 2.41. The molecule has 0 bridgehead atoms. The highest BCUT2D eigenvalue weighted by Crippen LogP contribution is 2.40. The van der Waals surface area contributed by atoms with E-state index >= 15 is 0 Å². The lowest BCUT2D eigenvalue weighted by molar-refractivity contribution is -0.0688. The van der Waals surface area contributed by atoms with E-state index < -0.39 is 0 Å². The van der Waals surface area contributed by atoms with Crippen molar-refractivity contribution in [3.05, 3.63) is 18.0 Å². The van der Waals surface area contributed by atoms with Crippen LogP contribution in [0.25, 0.3) is 0 Å². The first kappa shape index (κ1) is 13.5. The van der Waals surface area contributed by atoms with Gasteiger partial charge in [0.05, 0.1) is 17.8 Å². The molecule has 0 saturated heterocycles. The highest BCUT2D eigenvalue weighted by molar-refractivity contribution is 5.16. The zero-order valence-electron chi connectivity index (χ0n) is 11.4. The summed E-state index contributed by atoms with van der Waals surface area (Å²) in [5.41, 5.74) is 3.87. The van der Waals surface area contributed by atoms with E-state index in [4.69, 9.17) is 10.6 Å². The van der Waals surface area contributed by atoms with E-state index in [-0.39, 0.29) is 11.6 Å². The number of aryl methyl sites for hydroxylation is 1. The van der Waals surface area contributed by atoms with Gasteiger partial charge in [0.1, 0.15) is 0 Å². The molecule has 5 nitrogen and oxygen atoms in total. The van der Waals surface area contributed by atoms with Crippen molar-refractivity contribution in [1.82, 2.24) is 15.2 Å². The third-order valence-corrected chi connectivity index (χ3v) is 4.11. The molecule has 2 rings (SSSR count). The number of rotatable bonds is 5. The van der Waals surface area contributed by atoms with Gasteiger partial charge >= 0.3 is 0 Å². The average molecular weight is 252 g/mol. The first-order valence-electron chi connectivity index (χ1n) is 6.79. The second-order valence-corrected chi connectivity index (χ2v) is 5.06. The Bertz CT molecular complexity index is 371. The molecule has 5 heteroatoms. The maximum atomic E-state index is 5.85. The number of nitrogens with one attached hydrogen (secondary N) is 1. The zero-order chi connectivity index (χ0) is 13.0. The lowest BCUT2D eigenvalue weighted by Gasteiger charge is -2.41. The van der Waals surface area contributed by atoms with Crippen molar-refractivity contribution in [3.63, 3.8) is 0 Å². The van der Waals surface area contributed by atoms with Crippen molar-refractivity contribution >= 4 is 0 Å². The molecule has 102 valence electrons. The normalized spacial score (nSPS) is 20.8. The van der Waals surface area contributed by atoms with Crippen molar-refractivity contribution in [2.75, 3.05) is 7.11 Å².